The van der Waals surface area contributed by atoms with Gasteiger partial charge < -0.3 is 19.9 Å². The third kappa shape index (κ3) is 5.60. The summed E-state index contributed by atoms with van der Waals surface area (Å²) in [4.78, 5) is 26.6. The number of amides is 2. The van der Waals surface area contributed by atoms with Crippen LogP contribution in [-0.4, -0.2) is 61.3 Å². The molecule has 1 aromatic carbocycles. The van der Waals surface area contributed by atoms with Gasteiger partial charge in [-0.2, -0.15) is 0 Å². The molecule has 1 fully saturated rings. The summed E-state index contributed by atoms with van der Waals surface area (Å²) in [6.45, 7) is 7.41. The van der Waals surface area contributed by atoms with Gasteiger partial charge in [0.2, 0.25) is 0 Å². The van der Waals surface area contributed by atoms with Gasteiger partial charge in [-0.1, -0.05) is 12.1 Å². The lowest BCUT2D eigenvalue weighted by atomic mass is 10.2. The van der Waals surface area contributed by atoms with Gasteiger partial charge in [-0.15, -0.1) is 0 Å². The molecule has 0 radical (unpaired) electrons. The number of rotatable bonds is 7. The summed E-state index contributed by atoms with van der Waals surface area (Å²) in [6, 6.07) is 6.62. The zero-order valence-corrected chi connectivity index (χ0v) is 14.8. The average molecular weight is 350 g/mol. The molecule has 1 aromatic rings. The standard InChI is InChI=1S/C17H26N4O4/c1-14(2)25-13-5-8-18-17(22)20-11-9-19(10-12-20)15-6-3-4-7-16(15)21(23)24/h3-4,6-7,14H,5,8-13H2,1-2H3,(H,18,22). The van der Waals surface area contributed by atoms with Gasteiger partial charge in [0.25, 0.3) is 5.69 Å². The molecular formula is C17H26N4O4. The van der Waals surface area contributed by atoms with Crippen molar-refractivity contribution in [3.63, 3.8) is 0 Å². The second-order valence-corrected chi connectivity index (χ2v) is 6.22. The Labute approximate surface area is 147 Å². The number of anilines is 1. The first-order valence-corrected chi connectivity index (χ1v) is 8.61. The van der Waals surface area contributed by atoms with E-state index in [-0.39, 0.29) is 22.7 Å². The SMILES string of the molecule is CC(C)OCCCNC(=O)N1CCN(c2ccccc2[N+](=O)[O-])CC1. The molecule has 2 amide bonds. The maximum Gasteiger partial charge on any atom is 0.317 e. The van der Waals surface area contributed by atoms with Crippen molar-refractivity contribution in [2.24, 2.45) is 0 Å². The fraction of sp³-hybridized carbons (Fsp3) is 0.588. The number of carbonyl (C=O) groups excluding carboxylic acids is 1. The molecule has 1 N–H and O–H groups in total. The Hall–Kier alpha value is -2.35. The molecule has 1 aliphatic heterocycles. The monoisotopic (exact) mass is 350 g/mol. The summed E-state index contributed by atoms with van der Waals surface area (Å²) in [5.41, 5.74) is 0.712. The molecule has 0 spiro atoms. The minimum absolute atomic E-state index is 0.0910. The predicted molar refractivity (Wildman–Crippen MR) is 96.0 cm³/mol. The quantitative estimate of drug-likeness (QED) is 0.463. The second-order valence-electron chi connectivity index (χ2n) is 6.22. The van der Waals surface area contributed by atoms with Crippen LogP contribution in [0.25, 0.3) is 0 Å². The van der Waals surface area contributed by atoms with Crippen LogP contribution in [0.2, 0.25) is 0 Å². The highest BCUT2D eigenvalue weighted by atomic mass is 16.6. The van der Waals surface area contributed by atoms with Crippen LogP contribution in [0.15, 0.2) is 24.3 Å². The van der Waals surface area contributed by atoms with Gasteiger partial charge in [-0.05, 0) is 26.3 Å². The lowest BCUT2D eigenvalue weighted by Crippen LogP contribution is -2.52. The maximum absolute atomic E-state index is 12.2. The molecule has 0 atom stereocenters. The Bertz CT molecular complexity index is 586. The fourth-order valence-electron chi connectivity index (χ4n) is 2.73. The molecule has 0 unspecified atom stereocenters. The summed E-state index contributed by atoms with van der Waals surface area (Å²) < 4.78 is 5.44. The van der Waals surface area contributed by atoms with Gasteiger partial charge in [0, 0.05) is 45.4 Å². The molecule has 1 heterocycles. The normalized spacial score (nSPS) is 14.7. The van der Waals surface area contributed by atoms with Crippen LogP contribution in [0.5, 0.6) is 0 Å². The van der Waals surface area contributed by atoms with Crippen molar-refractivity contribution in [3.8, 4) is 0 Å². The molecule has 0 bridgehead atoms. The van der Waals surface area contributed by atoms with Crippen LogP contribution < -0.4 is 10.2 Å². The Kier molecular flexibility index (Phi) is 7.00. The van der Waals surface area contributed by atoms with Crippen LogP contribution in [0.4, 0.5) is 16.2 Å². The summed E-state index contributed by atoms with van der Waals surface area (Å²) in [7, 11) is 0. The van der Waals surface area contributed by atoms with Crippen LogP contribution in [-0.2, 0) is 4.74 Å². The topological polar surface area (TPSA) is 88.0 Å². The highest BCUT2D eigenvalue weighted by molar-refractivity contribution is 5.74. The number of carbonyl (C=O) groups is 1. The van der Waals surface area contributed by atoms with E-state index in [9.17, 15) is 14.9 Å². The van der Waals surface area contributed by atoms with E-state index in [4.69, 9.17) is 4.74 Å². The van der Waals surface area contributed by atoms with Crippen molar-refractivity contribution in [1.82, 2.24) is 10.2 Å². The van der Waals surface area contributed by atoms with Crippen LogP contribution >= 0.6 is 0 Å². The number of benzene rings is 1. The lowest BCUT2D eigenvalue weighted by Gasteiger charge is -2.35. The van der Waals surface area contributed by atoms with Crippen molar-refractivity contribution in [3.05, 3.63) is 34.4 Å². The van der Waals surface area contributed by atoms with E-state index in [0.717, 1.165) is 6.42 Å². The Morgan fingerprint density at radius 1 is 1.28 bits per heavy atom. The maximum atomic E-state index is 12.2. The number of hydrogen-bond acceptors (Lipinski definition) is 5. The molecule has 0 saturated carbocycles. The zero-order chi connectivity index (χ0) is 18.2. The van der Waals surface area contributed by atoms with Gasteiger partial charge in [-0.3, -0.25) is 10.1 Å². The first kappa shape index (κ1) is 19.0. The molecule has 1 saturated heterocycles. The van der Waals surface area contributed by atoms with Crippen molar-refractivity contribution in [1.29, 1.82) is 0 Å². The highest BCUT2D eigenvalue weighted by Crippen LogP contribution is 2.28. The summed E-state index contributed by atoms with van der Waals surface area (Å²) in [5, 5.41) is 14.0. The van der Waals surface area contributed by atoms with E-state index in [1.165, 1.54) is 6.07 Å². The number of urea groups is 1. The zero-order valence-electron chi connectivity index (χ0n) is 14.8. The molecule has 0 aliphatic carbocycles. The first-order valence-electron chi connectivity index (χ1n) is 8.61. The number of piperazine rings is 1. The van der Waals surface area contributed by atoms with E-state index in [0.29, 0.717) is 45.0 Å². The van der Waals surface area contributed by atoms with E-state index in [2.05, 4.69) is 5.32 Å². The third-order valence-corrected chi connectivity index (χ3v) is 4.03. The highest BCUT2D eigenvalue weighted by Gasteiger charge is 2.25. The predicted octanol–water partition coefficient (Wildman–Crippen LogP) is 2.24. The van der Waals surface area contributed by atoms with E-state index >= 15 is 0 Å². The van der Waals surface area contributed by atoms with Gasteiger partial charge >= 0.3 is 6.03 Å². The molecule has 8 heteroatoms. The second kappa shape index (κ2) is 9.22. The number of hydrogen-bond donors (Lipinski definition) is 1. The molecule has 8 nitrogen and oxygen atoms in total. The largest absolute Gasteiger partial charge is 0.379 e. The average Bonchev–Trinajstić information content (AvgIpc) is 2.61. The van der Waals surface area contributed by atoms with E-state index in [1.807, 2.05) is 18.7 Å². The molecule has 138 valence electrons. The van der Waals surface area contributed by atoms with Gasteiger partial charge in [-0.25, -0.2) is 4.79 Å². The van der Waals surface area contributed by atoms with Gasteiger partial charge in [0.1, 0.15) is 5.69 Å². The van der Waals surface area contributed by atoms with E-state index < -0.39 is 0 Å². The van der Waals surface area contributed by atoms with Crippen molar-refractivity contribution in [2.75, 3.05) is 44.2 Å². The number of nitro benzene ring substituents is 1. The molecule has 1 aliphatic rings. The molecular weight excluding hydrogens is 324 g/mol. The number of ether oxygens (including phenoxy) is 1. The fourth-order valence-corrected chi connectivity index (χ4v) is 2.73. The van der Waals surface area contributed by atoms with Crippen molar-refractivity contribution >= 4 is 17.4 Å². The molecule has 2 rings (SSSR count). The summed E-state index contributed by atoms with van der Waals surface area (Å²) >= 11 is 0. The third-order valence-electron chi connectivity index (χ3n) is 4.03. The number of para-hydroxylation sites is 2. The Balaban J connectivity index is 1.78. The smallest absolute Gasteiger partial charge is 0.317 e. The number of nitrogens with zero attached hydrogens (tertiary/aromatic N) is 3. The number of nitro groups is 1. The van der Waals surface area contributed by atoms with Crippen molar-refractivity contribution < 1.29 is 14.5 Å². The Morgan fingerprint density at radius 2 is 1.96 bits per heavy atom. The first-order chi connectivity index (χ1) is 12.0. The van der Waals surface area contributed by atoms with Crippen LogP contribution in [0.3, 0.4) is 0 Å². The molecule has 25 heavy (non-hydrogen) atoms. The molecule has 0 aromatic heterocycles. The lowest BCUT2D eigenvalue weighted by molar-refractivity contribution is -0.384. The van der Waals surface area contributed by atoms with Gasteiger partial charge in [0.15, 0.2) is 0 Å². The van der Waals surface area contributed by atoms with Crippen LogP contribution in [0, 0.1) is 10.1 Å². The van der Waals surface area contributed by atoms with Crippen LogP contribution in [0.1, 0.15) is 20.3 Å². The summed E-state index contributed by atoms with van der Waals surface area (Å²) in [6.07, 6.45) is 0.978. The minimum atomic E-state index is -0.367. The summed E-state index contributed by atoms with van der Waals surface area (Å²) in [5.74, 6) is 0. The number of nitrogens with one attached hydrogen (secondary N) is 1. The van der Waals surface area contributed by atoms with E-state index in [1.54, 1.807) is 23.1 Å². The Morgan fingerprint density at radius 3 is 2.60 bits per heavy atom. The van der Waals surface area contributed by atoms with Gasteiger partial charge in [0.05, 0.1) is 11.0 Å². The minimum Gasteiger partial charge on any atom is -0.379 e. The van der Waals surface area contributed by atoms with Crippen molar-refractivity contribution in [2.45, 2.75) is 26.4 Å².